The van der Waals surface area contributed by atoms with E-state index in [1.807, 2.05) is 6.26 Å². The summed E-state index contributed by atoms with van der Waals surface area (Å²) in [6, 6.07) is 4.41. The predicted octanol–water partition coefficient (Wildman–Crippen LogP) is 0.699. The van der Waals surface area contributed by atoms with Gasteiger partial charge >= 0.3 is 0 Å². The van der Waals surface area contributed by atoms with E-state index in [4.69, 9.17) is 0 Å². The third-order valence-electron chi connectivity index (χ3n) is 3.35. The number of benzene rings is 1. The topological polar surface area (TPSA) is 130 Å². The highest BCUT2D eigenvalue weighted by Gasteiger charge is 2.22. The lowest BCUT2D eigenvalue weighted by atomic mass is 10.1. The number of nitro benzene ring substituents is 1. The van der Waals surface area contributed by atoms with Gasteiger partial charge in [0.15, 0.2) is 0 Å². The van der Waals surface area contributed by atoms with Gasteiger partial charge in [0, 0.05) is 24.2 Å². The van der Waals surface area contributed by atoms with E-state index in [1.54, 1.807) is 6.92 Å². The van der Waals surface area contributed by atoms with Crippen LogP contribution in [0.2, 0.25) is 0 Å². The summed E-state index contributed by atoms with van der Waals surface area (Å²) >= 11 is 1.51. The molecule has 0 aliphatic rings. The Kier molecular flexibility index (Phi) is 9.13. The Morgan fingerprint density at radius 1 is 1.27 bits per heavy atom. The highest BCUT2D eigenvalue weighted by Crippen LogP contribution is 2.13. The average molecular weight is 382 g/mol. The normalized spacial score (nSPS) is 11.3. The number of hydrogen-bond donors (Lipinski definition) is 3. The first kappa shape index (κ1) is 21.4. The molecule has 142 valence electrons. The molecule has 0 fully saturated rings. The number of nitrogens with one attached hydrogen (secondary N) is 3. The predicted molar refractivity (Wildman–Crippen MR) is 99.0 cm³/mol. The Hall–Kier alpha value is -2.62. The van der Waals surface area contributed by atoms with Crippen LogP contribution >= 0.6 is 11.8 Å². The van der Waals surface area contributed by atoms with Crippen molar-refractivity contribution in [3.63, 3.8) is 0 Å². The number of carbonyl (C=O) groups is 3. The Bertz CT molecular complexity index is 668. The molecule has 1 aromatic carbocycles. The molecule has 3 amide bonds. The van der Waals surface area contributed by atoms with Gasteiger partial charge in [-0.25, -0.2) is 0 Å². The minimum atomic E-state index is -0.844. The average Bonchev–Trinajstić information content (AvgIpc) is 2.63. The van der Waals surface area contributed by atoms with E-state index in [0.717, 1.165) is 6.07 Å². The summed E-state index contributed by atoms with van der Waals surface area (Å²) in [5.41, 5.74) is -0.121. The van der Waals surface area contributed by atoms with Crippen molar-refractivity contribution >= 4 is 35.2 Å². The van der Waals surface area contributed by atoms with E-state index in [1.165, 1.54) is 30.0 Å². The SMILES string of the molecule is CCNC(=O)CNC(=O)[C@H](CCSC)NC(=O)c1cccc([N+](=O)[O-])c1. The summed E-state index contributed by atoms with van der Waals surface area (Å²) in [6.45, 7) is 2.03. The lowest BCUT2D eigenvalue weighted by Gasteiger charge is -2.18. The number of carbonyl (C=O) groups excluding carboxylic acids is 3. The highest BCUT2D eigenvalue weighted by molar-refractivity contribution is 7.98. The Labute approximate surface area is 155 Å². The lowest BCUT2D eigenvalue weighted by Crippen LogP contribution is -2.49. The number of thioether (sulfide) groups is 1. The van der Waals surface area contributed by atoms with Crippen LogP contribution in [-0.4, -0.2) is 53.8 Å². The molecule has 0 saturated carbocycles. The maximum absolute atomic E-state index is 12.3. The fourth-order valence-corrected chi connectivity index (χ4v) is 2.53. The second kappa shape index (κ2) is 11.1. The van der Waals surface area contributed by atoms with E-state index in [2.05, 4.69) is 16.0 Å². The molecule has 0 aliphatic heterocycles. The fraction of sp³-hybridized carbons (Fsp3) is 0.438. The van der Waals surface area contributed by atoms with Crippen LogP contribution in [0.25, 0.3) is 0 Å². The van der Waals surface area contributed by atoms with Crippen LogP contribution < -0.4 is 16.0 Å². The molecule has 0 bridgehead atoms. The van der Waals surface area contributed by atoms with Crippen molar-refractivity contribution in [1.82, 2.24) is 16.0 Å². The molecular formula is C16H22N4O5S. The van der Waals surface area contributed by atoms with Crippen molar-refractivity contribution in [2.75, 3.05) is 25.1 Å². The molecule has 0 radical (unpaired) electrons. The first-order chi connectivity index (χ1) is 12.4. The Morgan fingerprint density at radius 3 is 2.62 bits per heavy atom. The highest BCUT2D eigenvalue weighted by atomic mass is 32.2. The minimum Gasteiger partial charge on any atom is -0.355 e. The first-order valence-corrected chi connectivity index (χ1v) is 9.37. The molecule has 10 heteroatoms. The third kappa shape index (κ3) is 7.09. The number of rotatable bonds is 10. The summed E-state index contributed by atoms with van der Waals surface area (Å²) in [5, 5.41) is 18.4. The van der Waals surface area contributed by atoms with Gasteiger partial charge in [-0.15, -0.1) is 0 Å². The Morgan fingerprint density at radius 2 is 2.00 bits per heavy atom. The summed E-state index contributed by atoms with van der Waals surface area (Å²) in [6.07, 6.45) is 2.23. The number of non-ortho nitro benzene ring substituents is 1. The standard InChI is InChI=1S/C16H22N4O5S/c1-3-17-14(21)10-18-16(23)13(7-8-26-2)19-15(22)11-5-4-6-12(9-11)20(24)25/h4-6,9,13H,3,7-8,10H2,1-2H3,(H,17,21)(H,18,23)(H,19,22)/t13-/m0/s1. The van der Waals surface area contributed by atoms with Crippen LogP contribution in [0.5, 0.6) is 0 Å². The largest absolute Gasteiger partial charge is 0.355 e. The number of nitro groups is 1. The third-order valence-corrected chi connectivity index (χ3v) is 3.99. The molecule has 0 heterocycles. The van der Waals surface area contributed by atoms with Crippen LogP contribution in [0.4, 0.5) is 5.69 Å². The number of hydrogen-bond acceptors (Lipinski definition) is 6. The molecule has 1 aromatic rings. The monoisotopic (exact) mass is 382 g/mol. The van der Waals surface area contributed by atoms with Crippen molar-refractivity contribution in [2.45, 2.75) is 19.4 Å². The maximum Gasteiger partial charge on any atom is 0.270 e. The summed E-state index contributed by atoms with van der Waals surface area (Å²) < 4.78 is 0. The summed E-state index contributed by atoms with van der Waals surface area (Å²) in [5.74, 6) is -0.777. The molecule has 1 rings (SSSR count). The van der Waals surface area contributed by atoms with Gasteiger partial charge in [0.1, 0.15) is 6.04 Å². The number of likely N-dealkylation sites (N-methyl/N-ethyl adjacent to an activating group) is 1. The molecule has 9 nitrogen and oxygen atoms in total. The zero-order valence-corrected chi connectivity index (χ0v) is 15.4. The van der Waals surface area contributed by atoms with Crippen molar-refractivity contribution in [1.29, 1.82) is 0 Å². The van der Waals surface area contributed by atoms with Crippen LogP contribution in [0.15, 0.2) is 24.3 Å². The molecule has 1 atom stereocenters. The van der Waals surface area contributed by atoms with Gasteiger partial charge in [0.2, 0.25) is 11.8 Å². The van der Waals surface area contributed by atoms with Crippen molar-refractivity contribution in [2.24, 2.45) is 0 Å². The zero-order chi connectivity index (χ0) is 19.5. The zero-order valence-electron chi connectivity index (χ0n) is 14.6. The summed E-state index contributed by atoms with van der Waals surface area (Å²) in [4.78, 5) is 46.3. The Balaban J connectivity index is 2.77. The first-order valence-electron chi connectivity index (χ1n) is 7.97. The smallest absolute Gasteiger partial charge is 0.270 e. The van der Waals surface area contributed by atoms with E-state index in [-0.39, 0.29) is 23.7 Å². The van der Waals surface area contributed by atoms with Gasteiger partial charge in [-0.3, -0.25) is 24.5 Å². The second-order valence-electron chi connectivity index (χ2n) is 5.29. The van der Waals surface area contributed by atoms with Crippen LogP contribution in [0.1, 0.15) is 23.7 Å². The van der Waals surface area contributed by atoms with Gasteiger partial charge < -0.3 is 16.0 Å². The van der Waals surface area contributed by atoms with E-state index in [9.17, 15) is 24.5 Å². The molecule has 0 aromatic heterocycles. The molecule has 26 heavy (non-hydrogen) atoms. The molecule has 0 aliphatic carbocycles. The van der Waals surface area contributed by atoms with Crippen molar-refractivity contribution < 1.29 is 19.3 Å². The quantitative estimate of drug-likeness (QED) is 0.403. The van der Waals surface area contributed by atoms with E-state index >= 15 is 0 Å². The lowest BCUT2D eigenvalue weighted by molar-refractivity contribution is -0.384. The van der Waals surface area contributed by atoms with Crippen LogP contribution in [-0.2, 0) is 9.59 Å². The van der Waals surface area contributed by atoms with E-state index in [0.29, 0.717) is 18.7 Å². The van der Waals surface area contributed by atoms with Gasteiger partial charge in [-0.2, -0.15) is 11.8 Å². The number of amides is 3. The molecular weight excluding hydrogens is 360 g/mol. The minimum absolute atomic E-state index is 0.0878. The molecule has 0 unspecified atom stereocenters. The molecule has 3 N–H and O–H groups in total. The van der Waals surface area contributed by atoms with Crippen LogP contribution in [0.3, 0.4) is 0 Å². The van der Waals surface area contributed by atoms with Crippen molar-refractivity contribution in [3.8, 4) is 0 Å². The van der Waals surface area contributed by atoms with E-state index < -0.39 is 22.8 Å². The molecule has 0 spiro atoms. The van der Waals surface area contributed by atoms with Crippen molar-refractivity contribution in [3.05, 3.63) is 39.9 Å². The van der Waals surface area contributed by atoms with Gasteiger partial charge in [0.05, 0.1) is 11.5 Å². The number of nitrogens with zero attached hydrogens (tertiary/aromatic N) is 1. The summed E-state index contributed by atoms with van der Waals surface area (Å²) in [7, 11) is 0. The van der Waals surface area contributed by atoms with Crippen LogP contribution in [0, 0.1) is 10.1 Å². The fourth-order valence-electron chi connectivity index (χ4n) is 2.06. The van der Waals surface area contributed by atoms with Gasteiger partial charge in [0.25, 0.3) is 11.6 Å². The van der Waals surface area contributed by atoms with Gasteiger partial charge in [-0.1, -0.05) is 6.07 Å². The maximum atomic E-state index is 12.3. The van der Waals surface area contributed by atoms with Gasteiger partial charge in [-0.05, 0) is 31.4 Å². The molecule has 0 saturated heterocycles. The second-order valence-corrected chi connectivity index (χ2v) is 6.27.